The van der Waals surface area contributed by atoms with Crippen molar-refractivity contribution in [1.82, 2.24) is 15.3 Å². The minimum Gasteiger partial charge on any atom is -0.350 e. The lowest BCUT2D eigenvalue weighted by Crippen LogP contribution is -2.26. The molecule has 0 aliphatic heterocycles. The lowest BCUT2D eigenvalue weighted by Gasteiger charge is -2.08. The van der Waals surface area contributed by atoms with Crippen LogP contribution in [0.15, 0.2) is 60.8 Å². The number of carbonyl (C=O) groups excluding carboxylic acids is 1. The lowest BCUT2D eigenvalue weighted by atomic mass is 10.1. The normalized spacial score (nSPS) is 10.4. The Morgan fingerprint density at radius 2 is 1.81 bits per heavy atom. The maximum Gasteiger partial charge on any atom is 0.270 e. The SMILES string of the molecule is O=C(NCCc1cccc(Cl)c1)c1ccnc(Nc2ccc(Cl)cc2)n1. The predicted octanol–water partition coefficient (Wildman–Crippen LogP) is 4.50. The van der Waals surface area contributed by atoms with Gasteiger partial charge < -0.3 is 10.6 Å². The second-order valence-corrected chi connectivity index (χ2v) is 6.41. The molecule has 0 unspecified atom stereocenters. The second-order valence-electron chi connectivity index (χ2n) is 5.53. The van der Waals surface area contributed by atoms with Crippen LogP contribution in [0, 0.1) is 0 Å². The van der Waals surface area contributed by atoms with Gasteiger partial charge in [-0.25, -0.2) is 9.97 Å². The molecule has 0 aliphatic carbocycles. The Morgan fingerprint density at radius 3 is 2.58 bits per heavy atom. The van der Waals surface area contributed by atoms with Crippen molar-refractivity contribution in [3.8, 4) is 0 Å². The molecule has 0 spiro atoms. The summed E-state index contributed by atoms with van der Waals surface area (Å²) in [5.41, 5.74) is 2.14. The summed E-state index contributed by atoms with van der Waals surface area (Å²) >= 11 is 11.8. The number of rotatable bonds is 6. The fourth-order valence-corrected chi connectivity index (χ4v) is 2.65. The number of hydrogen-bond donors (Lipinski definition) is 2. The Bertz CT molecular complexity index is 900. The number of aromatic nitrogens is 2. The number of carbonyl (C=O) groups is 1. The first-order valence-corrected chi connectivity index (χ1v) is 8.74. The zero-order valence-electron chi connectivity index (χ0n) is 13.7. The smallest absolute Gasteiger partial charge is 0.270 e. The minimum absolute atomic E-state index is 0.256. The molecule has 3 aromatic rings. The van der Waals surface area contributed by atoms with E-state index in [2.05, 4.69) is 20.6 Å². The summed E-state index contributed by atoms with van der Waals surface area (Å²) in [5, 5.41) is 7.21. The zero-order valence-corrected chi connectivity index (χ0v) is 15.3. The molecule has 7 heteroatoms. The van der Waals surface area contributed by atoms with E-state index in [-0.39, 0.29) is 5.91 Å². The van der Waals surface area contributed by atoms with Gasteiger partial charge in [0, 0.05) is 28.5 Å². The van der Waals surface area contributed by atoms with E-state index < -0.39 is 0 Å². The molecule has 0 aliphatic rings. The predicted molar refractivity (Wildman–Crippen MR) is 104 cm³/mol. The van der Waals surface area contributed by atoms with Gasteiger partial charge in [0.05, 0.1) is 0 Å². The average molecular weight is 387 g/mol. The molecule has 2 N–H and O–H groups in total. The van der Waals surface area contributed by atoms with Crippen molar-refractivity contribution in [2.45, 2.75) is 6.42 Å². The van der Waals surface area contributed by atoms with Crippen LogP contribution in [0.4, 0.5) is 11.6 Å². The number of anilines is 2. The van der Waals surface area contributed by atoms with E-state index in [4.69, 9.17) is 23.2 Å². The molecule has 3 rings (SSSR count). The quantitative estimate of drug-likeness (QED) is 0.654. The van der Waals surface area contributed by atoms with Crippen molar-refractivity contribution in [2.24, 2.45) is 0 Å². The molecule has 0 radical (unpaired) electrons. The summed E-state index contributed by atoms with van der Waals surface area (Å²) in [6.07, 6.45) is 2.23. The highest BCUT2D eigenvalue weighted by atomic mass is 35.5. The Labute approximate surface area is 161 Å². The van der Waals surface area contributed by atoms with E-state index >= 15 is 0 Å². The van der Waals surface area contributed by atoms with Gasteiger partial charge in [0.15, 0.2) is 0 Å². The Hall–Kier alpha value is -2.63. The zero-order chi connectivity index (χ0) is 18.4. The topological polar surface area (TPSA) is 66.9 Å². The number of amides is 1. The first kappa shape index (κ1) is 18.2. The van der Waals surface area contributed by atoms with Crippen molar-refractivity contribution in [3.63, 3.8) is 0 Å². The highest BCUT2D eigenvalue weighted by molar-refractivity contribution is 6.30. The van der Waals surface area contributed by atoms with Crippen LogP contribution in [0.5, 0.6) is 0 Å². The lowest BCUT2D eigenvalue weighted by molar-refractivity contribution is 0.0949. The van der Waals surface area contributed by atoms with Gasteiger partial charge in [0.25, 0.3) is 5.91 Å². The van der Waals surface area contributed by atoms with E-state index in [9.17, 15) is 4.79 Å². The maximum absolute atomic E-state index is 12.3. The number of nitrogens with zero attached hydrogens (tertiary/aromatic N) is 2. The van der Waals surface area contributed by atoms with Crippen molar-refractivity contribution in [3.05, 3.63) is 82.1 Å². The molecule has 1 aromatic heterocycles. The molecule has 2 aromatic carbocycles. The van der Waals surface area contributed by atoms with E-state index in [0.29, 0.717) is 34.7 Å². The molecule has 0 saturated heterocycles. The van der Waals surface area contributed by atoms with Gasteiger partial charge in [0.2, 0.25) is 5.95 Å². The van der Waals surface area contributed by atoms with Gasteiger partial charge in [-0.1, -0.05) is 35.3 Å². The molecule has 5 nitrogen and oxygen atoms in total. The van der Waals surface area contributed by atoms with E-state index in [0.717, 1.165) is 11.3 Å². The van der Waals surface area contributed by atoms with Crippen molar-refractivity contribution < 1.29 is 4.79 Å². The van der Waals surface area contributed by atoms with Gasteiger partial charge in [-0.3, -0.25) is 4.79 Å². The Morgan fingerprint density at radius 1 is 1.00 bits per heavy atom. The number of nitrogens with one attached hydrogen (secondary N) is 2. The van der Waals surface area contributed by atoms with Gasteiger partial charge in [-0.2, -0.15) is 0 Å². The minimum atomic E-state index is -0.256. The van der Waals surface area contributed by atoms with Crippen molar-refractivity contribution in [1.29, 1.82) is 0 Å². The van der Waals surface area contributed by atoms with E-state index in [1.165, 1.54) is 6.20 Å². The van der Waals surface area contributed by atoms with E-state index in [1.54, 1.807) is 18.2 Å². The summed E-state index contributed by atoms with van der Waals surface area (Å²) < 4.78 is 0. The maximum atomic E-state index is 12.3. The first-order chi connectivity index (χ1) is 12.6. The Balaban J connectivity index is 1.58. The van der Waals surface area contributed by atoms with Crippen LogP contribution in [0.25, 0.3) is 0 Å². The first-order valence-electron chi connectivity index (χ1n) is 7.98. The van der Waals surface area contributed by atoms with Crippen LogP contribution in [0.2, 0.25) is 10.0 Å². The molecular formula is C19H16Cl2N4O. The third kappa shape index (κ3) is 5.18. The molecule has 132 valence electrons. The van der Waals surface area contributed by atoms with Crippen molar-refractivity contribution in [2.75, 3.05) is 11.9 Å². The van der Waals surface area contributed by atoms with Crippen LogP contribution in [-0.2, 0) is 6.42 Å². The summed E-state index contributed by atoms with van der Waals surface area (Å²) in [6, 6.07) is 16.3. The van der Waals surface area contributed by atoms with Gasteiger partial charge in [-0.15, -0.1) is 0 Å². The molecular weight excluding hydrogens is 371 g/mol. The number of hydrogen-bond acceptors (Lipinski definition) is 4. The van der Waals surface area contributed by atoms with Crippen LogP contribution in [-0.4, -0.2) is 22.4 Å². The van der Waals surface area contributed by atoms with Gasteiger partial charge in [0.1, 0.15) is 5.69 Å². The van der Waals surface area contributed by atoms with Crippen LogP contribution < -0.4 is 10.6 Å². The number of benzene rings is 2. The molecule has 26 heavy (non-hydrogen) atoms. The van der Waals surface area contributed by atoms with Gasteiger partial charge in [-0.05, 0) is 54.4 Å². The average Bonchev–Trinajstić information content (AvgIpc) is 2.64. The molecule has 1 amide bonds. The van der Waals surface area contributed by atoms with Gasteiger partial charge >= 0.3 is 0 Å². The fourth-order valence-electron chi connectivity index (χ4n) is 2.31. The summed E-state index contributed by atoms with van der Waals surface area (Å²) in [7, 11) is 0. The highest BCUT2D eigenvalue weighted by Crippen LogP contribution is 2.16. The molecule has 0 bridgehead atoms. The van der Waals surface area contributed by atoms with Crippen LogP contribution >= 0.6 is 23.2 Å². The van der Waals surface area contributed by atoms with Crippen LogP contribution in [0.1, 0.15) is 16.1 Å². The molecule has 0 saturated carbocycles. The fraction of sp³-hybridized carbons (Fsp3) is 0.105. The Kier molecular flexibility index (Phi) is 6.04. The molecule has 0 fully saturated rings. The largest absolute Gasteiger partial charge is 0.350 e. The van der Waals surface area contributed by atoms with Crippen LogP contribution in [0.3, 0.4) is 0 Å². The monoisotopic (exact) mass is 386 g/mol. The second kappa shape index (κ2) is 8.65. The molecule has 0 atom stereocenters. The standard InChI is InChI=1S/C19H16Cl2N4O/c20-14-4-6-16(7-5-14)24-19-23-11-9-17(25-19)18(26)22-10-8-13-2-1-3-15(21)12-13/h1-7,9,11-12H,8,10H2,(H,22,26)(H,23,24,25). The molecule has 1 heterocycles. The summed E-state index contributed by atoms with van der Waals surface area (Å²) in [4.78, 5) is 20.6. The van der Waals surface area contributed by atoms with Crippen molar-refractivity contribution >= 4 is 40.7 Å². The third-order valence-corrected chi connectivity index (χ3v) is 4.06. The number of halogens is 2. The third-order valence-electron chi connectivity index (χ3n) is 3.58. The summed E-state index contributed by atoms with van der Waals surface area (Å²) in [6.45, 7) is 0.489. The summed E-state index contributed by atoms with van der Waals surface area (Å²) in [5.74, 6) is 0.0865. The highest BCUT2D eigenvalue weighted by Gasteiger charge is 2.08. The van der Waals surface area contributed by atoms with E-state index in [1.807, 2.05) is 36.4 Å².